The Balaban J connectivity index is 1.65. The van der Waals surface area contributed by atoms with E-state index >= 15 is 0 Å². The molecule has 0 amide bonds. The Morgan fingerprint density at radius 3 is 2.29 bits per heavy atom. The molecule has 7 nitrogen and oxygen atoms in total. The van der Waals surface area contributed by atoms with Crippen LogP contribution in [0.3, 0.4) is 0 Å². The summed E-state index contributed by atoms with van der Waals surface area (Å²) in [4.78, 5) is 32.1. The van der Waals surface area contributed by atoms with E-state index in [2.05, 4.69) is 9.78 Å². The molecule has 2 rings (SSSR count). The Morgan fingerprint density at radius 2 is 1.67 bits per heavy atom. The number of ether oxygens (including phenoxy) is 3. The van der Waals surface area contributed by atoms with Crippen LogP contribution in [-0.4, -0.2) is 31.4 Å². The first-order valence-electron chi connectivity index (χ1n) is 7.58. The van der Waals surface area contributed by atoms with Gasteiger partial charge in [-0.3, -0.25) is 0 Å². The first-order chi connectivity index (χ1) is 11.5. The van der Waals surface area contributed by atoms with E-state index in [-0.39, 0.29) is 30.6 Å². The summed E-state index contributed by atoms with van der Waals surface area (Å²) in [7, 11) is 0. The lowest BCUT2D eigenvalue weighted by atomic mass is 10.0. The van der Waals surface area contributed by atoms with Crippen LogP contribution in [0.1, 0.15) is 32.3 Å². The molecular formula is C17H20O7. The third kappa shape index (κ3) is 5.49. The van der Waals surface area contributed by atoms with Crippen molar-refractivity contribution in [2.75, 3.05) is 13.2 Å². The van der Waals surface area contributed by atoms with Crippen molar-refractivity contribution >= 4 is 12.1 Å². The lowest BCUT2D eigenvalue weighted by Crippen LogP contribution is -2.23. The van der Waals surface area contributed by atoms with E-state index in [0.29, 0.717) is 0 Å². The molecule has 0 aliphatic carbocycles. The number of hydrogen-bond acceptors (Lipinski definition) is 7. The second-order valence-corrected chi connectivity index (χ2v) is 5.48. The number of carbonyl (C=O) groups is 2. The summed E-state index contributed by atoms with van der Waals surface area (Å²) in [6, 6.07) is 9.70. The fourth-order valence-corrected chi connectivity index (χ4v) is 1.83. The van der Waals surface area contributed by atoms with Crippen molar-refractivity contribution < 1.29 is 33.6 Å². The molecule has 1 aromatic rings. The zero-order valence-corrected chi connectivity index (χ0v) is 13.8. The minimum atomic E-state index is -0.801. The molecule has 0 aromatic heterocycles. The van der Waals surface area contributed by atoms with Crippen molar-refractivity contribution in [3.8, 4) is 0 Å². The van der Waals surface area contributed by atoms with Gasteiger partial charge < -0.3 is 14.2 Å². The lowest BCUT2D eigenvalue weighted by molar-refractivity contribution is -0.145. The summed E-state index contributed by atoms with van der Waals surface area (Å²) in [6.07, 6.45) is -1.42. The van der Waals surface area contributed by atoms with Gasteiger partial charge in [0.25, 0.3) is 0 Å². The van der Waals surface area contributed by atoms with Gasteiger partial charge in [0.05, 0.1) is 0 Å². The van der Waals surface area contributed by atoms with Gasteiger partial charge in [-0.15, -0.1) is 0 Å². The van der Waals surface area contributed by atoms with Crippen molar-refractivity contribution in [1.82, 2.24) is 0 Å². The normalized spacial score (nSPS) is 14.5. The lowest BCUT2D eigenvalue weighted by Gasteiger charge is -2.15. The van der Waals surface area contributed by atoms with Crippen LogP contribution in [-0.2, 0) is 28.8 Å². The highest BCUT2D eigenvalue weighted by Gasteiger charge is 2.28. The van der Waals surface area contributed by atoms with Gasteiger partial charge in [-0.05, 0) is 19.4 Å². The molecule has 0 N–H and O–H groups in total. The van der Waals surface area contributed by atoms with E-state index in [4.69, 9.17) is 14.2 Å². The van der Waals surface area contributed by atoms with Gasteiger partial charge in [-0.25, -0.2) is 19.4 Å². The molecule has 0 saturated carbocycles. The number of hydrogen-bond donors (Lipinski definition) is 0. The van der Waals surface area contributed by atoms with E-state index in [1.165, 1.54) is 6.92 Å². The van der Waals surface area contributed by atoms with Crippen molar-refractivity contribution in [2.45, 2.75) is 32.8 Å². The maximum Gasteiger partial charge on any atom is 0.508 e. The van der Waals surface area contributed by atoms with Gasteiger partial charge in [-0.1, -0.05) is 37.3 Å². The summed E-state index contributed by atoms with van der Waals surface area (Å²) in [5.41, 5.74) is 1.29. The van der Waals surface area contributed by atoms with E-state index in [1.807, 2.05) is 37.3 Å². The van der Waals surface area contributed by atoms with Crippen LogP contribution in [0.25, 0.3) is 0 Å². The maximum atomic E-state index is 11.6. The zero-order valence-electron chi connectivity index (χ0n) is 13.8. The fourth-order valence-electron chi connectivity index (χ4n) is 1.83. The van der Waals surface area contributed by atoms with Gasteiger partial charge in [0, 0.05) is 5.92 Å². The molecule has 7 heteroatoms. The van der Waals surface area contributed by atoms with Gasteiger partial charge in [0.2, 0.25) is 0 Å². The van der Waals surface area contributed by atoms with E-state index in [0.717, 1.165) is 5.56 Å². The number of rotatable bonds is 7. The van der Waals surface area contributed by atoms with Crippen molar-refractivity contribution in [1.29, 1.82) is 0 Å². The third-order valence-corrected chi connectivity index (χ3v) is 3.34. The van der Waals surface area contributed by atoms with Crippen molar-refractivity contribution in [3.63, 3.8) is 0 Å². The van der Waals surface area contributed by atoms with Gasteiger partial charge >= 0.3 is 18.1 Å². The van der Waals surface area contributed by atoms with E-state index in [9.17, 15) is 9.59 Å². The largest absolute Gasteiger partial charge is 0.508 e. The van der Waals surface area contributed by atoms with Crippen LogP contribution in [0.4, 0.5) is 4.79 Å². The first-order valence-corrected chi connectivity index (χ1v) is 7.58. The summed E-state index contributed by atoms with van der Waals surface area (Å²) >= 11 is 0. The molecule has 1 saturated heterocycles. The minimum Gasteiger partial charge on any atom is -0.455 e. The topological polar surface area (TPSA) is 86.9 Å². The van der Waals surface area contributed by atoms with Crippen LogP contribution in [0.2, 0.25) is 0 Å². The highest BCUT2D eigenvalue weighted by Crippen LogP contribution is 2.23. The molecule has 2 unspecified atom stereocenters. The average molecular weight is 336 g/mol. The molecule has 1 aliphatic rings. The van der Waals surface area contributed by atoms with Gasteiger partial charge in [0.15, 0.2) is 0 Å². The van der Waals surface area contributed by atoms with Crippen molar-refractivity contribution in [2.24, 2.45) is 0 Å². The predicted octanol–water partition coefficient (Wildman–Crippen LogP) is 3.07. The van der Waals surface area contributed by atoms with Crippen LogP contribution < -0.4 is 0 Å². The molecule has 24 heavy (non-hydrogen) atoms. The summed E-state index contributed by atoms with van der Waals surface area (Å²) in [6.45, 7) is 5.17. The zero-order chi connectivity index (χ0) is 17.5. The highest BCUT2D eigenvalue weighted by atomic mass is 17.4. The third-order valence-electron chi connectivity index (χ3n) is 3.34. The van der Waals surface area contributed by atoms with E-state index < -0.39 is 18.2 Å². The smallest absolute Gasteiger partial charge is 0.455 e. The Morgan fingerprint density at radius 1 is 1.04 bits per heavy atom. The van der Waals surface area contributed by atoms with Crippen LogP contribution in [0.5, 0.6) is 0 Å². The number of benzene rings is 1. The SMILES string of the molecule is CC(C(=O)OC(C)COC(=O)OCC(C)c1ccccc1)=C1OO1. The van der Waals surface area contributed by atoms with Crippen LogP contribution in [0.15, 0.2) is 41.9 Å². The number of carbonyl (C=O) groups excluding carboxylic acids is 2. The summed E-state index contributed by atoms with van der Waals surface area (Å²) < 4.78 is 15.1. The Kier molecular flexibility index (Phi) is 6.06. The van der Waals surface area contributed by atoms with E-state index in [1.54, 1.807) is 6.92 Å². The molecule has 130 valence electrons. The molecule has 0 radical (unpaired) electrons. The fraction of sp³-hybridized carbons (Fsp3) is 0.412. The standard InChI is InChI=1S/C17H20O7/c1-11(14-7-5-4-6-8-14)9-20-17(19)21-10-12(2)22-15(18)13(3)16-23-24-16/h4-8,11-12H,9-10H2,1-3H3. The van der Waals surface area contributed by atoms with Gasteiger partial charge in [-0.2, -0.15) is 0 Å². The number of esters is 1. The first kappa shape index (κ1) is 17.7. The van der Waals surface area contributed by atoms with Crippen LogP contribution >= 0.6 is 0 Å². The van der Waals surface area contributed by atoms with Crippen molar-refractivity contribution in [3.05, 3.63) is 47.4 Å². The molecule has 1 heterocycles. The second-order valence-electron chi connectivity index (χ2n) is 5.48. The molecule has 0 bridgehead atoms. The predicted molar refractivity (Wildman–Crippen MR) is 82.6 cm³/mol. The molecular weight excluding hydrogens is 316 g/mol. The molecule has 1 aromatic carbocycles. The highest BCUT2D eigenvalue weighted by molar-refractivity contribution is 5.88. The minimum absolute atomic E-state index is 0.0572. The summed E-state index contributed by atoms with van der Waals surface area (Å²) in [5.74, 6) is -0.395. The molecule has 0 spiro atoms. The summed E-state index contributed by atoms with van der Waals surface area (Å²) in [5, 5.41) is 0. The molecule has 2 atom stereocenters. The Hall–Kier alpha value is -2.70. The van der Waals surface area contributed by atoms with Gasteiger partial charge in [0.1, 0.15) is 24.9 Å². The van der Waals surface area contributed by atoms with Crippen LogP contribution in [0, 0.1) is 0 Å². The Labute approximate surface area is 140 Å². The second kappa shape index (κ2) is 8.24. The molecule has 1 aliphatic heterocycles. The Bertz CT molecular complexity index is 603. The average Bonchev–Trinajstić information content (AvgIpc) is 3.42. The quantitative estimate of drug-likeness (QED) is 0.327. The maximum absolute atomic E-state index is 11.6. The monoisotopic (exact) mass is 336 g/mol. The molecule has 1 fully saturated rings.